The van der Waals surface area contributed by atoms with Crippen LogP contribution < -0.4 is 4.57 Å². The monoisotopic (exact) mass is 510 g/mol. The number of benzene rings is 2. The van der Waals surface area contributed by atoms with Crippen molar-refractivity contribution < 1.29 is 26.2 Å². The second-order valence-electron chi connectivity index (χ2n) is 5.52. The molecule has 0 radical (unpaired) electrons. The predicted molar refractivity (Wildman–Crippen MR) is 96.5 cm³/mol. The fourth-order valence-electron chi connectivity index (χ4n) is 2.67. The van der Waals surface area contributed by atoms with Crippen LogP contribution in [-0.4, -0.2) is 4.57 Å². The number of rotatable bonds is 2. The van der Waals surface area contributed by atoms with Crippen LogP contribution in [0.2, 0.25) is 0 Å². The molecule has 2 aromatic heterocycles. The first-order chi connectivity index (χ1) is 11.2. The van der Waals surface area contributed by atoms with Crippen LogP contribution in [0, 0.1) is 6.33 Å². The summed E-state index contributed by atoms with van der Waals surface area (Å²) in [5.41, 5.74) is 2.84. The summed E-state index contributed by atoms with van der Waals surface area (Å²) in [4.78, 5) is 0. The van der Waals surface area contributed by atoms with Crippen molar-refractivity contribution in [2.24, 2.45) is 0 Å². The van der Waals surface area contributed by atoms with E-state index in [0.717, 1.165) is 27.6 Å². The first-order valence-corrected chi connectivity index (χ1v) is 11.7. The van der Waals surface area contributed by atoms with E-state index in [9.17, 15) is 0 Å². The molecule has 0 N–H and O–H groups in total. The molecular formula is C18H16AgIN2O. The number of fused-ring (bicyclic) bond motifs is 3. The SMILES string of the molecule is CC(C)n1[c-][n+](-c2cccc3c2oc2ccccc23)cc1.[Ag][I]. The van der Waals surface area contributed by atoms with Gasteiger partial charge in [0.15, 0.2) is 0 Å². The molecule has 0 saturated heterocycles. The number of furan rings is 1. The number of aromatic nitrogens is 2. The maximum atomic E-state index is 6.06. The molecule has 4 aromatic rings. The number of hydrogen-bond donors (Lipinski definition) is 0. The summed E-state index contributed by atoms with van der Waals surface area (Å²) in [6, 6.07) is 14.8. The van der Waals surface area contributed by atoms with Crippen molar-refractivity contribution in [3.05, 3.63) is 61.2 Å². The second kappa shape index (κ2) is 7.22. The van der Waals surface area contributed by atoms with Gasteiger partial charge in [-0.2, -0.15) is 0 Å². The third-order valence-electron chi connectivity index (χ3n) is 3.80. The molecule has 0 bridgehead atoms. The molecular weight excluding hydrogens is 495 g/mol. The van der Waals surface area contributed by atoms with Crippen LogP contribution in [0.1, 0.15) is 19.9 Å². The third kappa shape index (κ3) is 3.13. The molecule has 0 saturated carbocycles. The number of hydrogen-bond acceptors (Lipinski definition) is 1. The molecule has 0 aliphatic heterocycles. The van der Waals surface area contributed by atoms with E-state index in [-0.39, 0.29) is 0 Å². The Kier molecular flexibility index (Phi) is 5.26. The van der Waals surface area contributed by atoms with Crippen LogP contribution in [0.4, 0.5) is 0 Å². The molecule has 3 nitrogen and oxygen atoms in total. The summed E-state index contributed by atoms with van der Waals surface area (Å²) in [5, 5.41) is 2.29. The minimum absolute atomic E-state index is 0.390. The van der Waals surface area contributed by atoms with Crippen molar-refractivity contribution in [1.82, 2.24) is 4.57 Å². The normalized spacial score (nSPS) is 11.0. The first-order valence-electron chi connectivity index (χ1n) is 7.28. The molecule has 5 heteroatoms. The Labute approximate surface area is 157 Å². The van der Waals surface area contributed by atoms with Crippen molar-refractivity contribution in [1.29, 1.82) is 0 Å². The van der Waals surface area contributed by atoms with E-state index in [0.29, 0.717) is 6.04 Å². The van der Waals surface area contributed by atoms with E-state index < -0.39 is 0 Å². The molecule has 0 unspecified atom stereocenters. The fraction of sp³-hybridized carbons (Fsp3) is 0.167. The molecule has 0 spiro atoms. The van der Waals surface area contributed by atoms with E-state index in [2.05, 4.69) is 66.3 Å². The predicted octanol–water partition coefficient (Wildman–Crippen LogP) is 4.93. The van der Waals surface area contributed by atoms with Gasteiger partial charge in [0.05, 0.1) is 11.7 Å². The molecule has 0 amide bonds. The summed E-state index contributed by atoms with van der Waals surface area (Å²) >= 11 is 4.88. The quantitative estimate of drug-likeness (QED) is 0.162. The van der Waals surface area contributed by atoms with Gasteiger partial charge in [-0.3, -0.25) is 0 Å². The van der Waals surface area contributed by atoms with Crippen LogP contribution in [0.5, 0.6) is 0 Å². The van der Waals surface area contributed by atoms with E-state index in [1.54, 1.807) is 0 Å². The minimum atomic E-state index is 0.390. The first kappa shape index (κ1) is 16.8. The summed E-state index contributed by atoms with van der Waals surface area (Å²) in [5.74, 6) is 0. The Hall–Kier alpha value is -1.08. The van der Waals surface area contributed by atoms with Crippen molar-refractivity contribution >= 4 is 41.0 Å². The Morgan fingerprint density at radius 1 is 1.09 bits per heavy atom. The van der Waals surface area contributed by atoms with Gasteiger partial charge in [0.1, 0.15) is 11.2 Å². The van der Waals surface area contributed by atoms with Gasteiger partial charge in [-0.05, 0) is 19.9 Å². The number of nitrogens with zero attached hydrogens (tertiary/aromatic N) is 2. The van der Waals surface area contributed by atoms with Gasteiger partial charge in [-0.25, -0.2) is 0 Å². The van der Waals surface area contributed by atoms with Gasteiger partial charge in [-0.1, -0.05) is 36.4 Å². The number of para-hydroxylation sites is 2. The van der Waals surface area contributed by atoms with Crippen LogP contribution in [0.3, 0.4) is 0 Å². The summed E-state index contributed by atoms with van der Waals surface area (Å²) < 4.78 is 10.1. The van der Waals surface area contributed by atoms with E-state index in [4.69, 9.17) is 4.42 Å². The van der Waals surface area contributed by atoms with E-state index >= 15 is 0 Å². The summed E-state index contributed by atoms with van der Waals surface area (Å²) in [7, 11) is 0. The summed E-state index contributed by atoms with van der Waals surface area (Å²) in [6.45, 7) is 4.28. The average molecular weight is 511 g/mol. The third-order valence-corrected chi connectivity index (χ3v) is 3.80. The second-order valence-corrected chi connectivity index (χ2v) is 5.52. The molecule has 23 heavy (non-hydrogen) atoms. The topological polar surface area (TPSA) is 21.9 Å². The zero-order chi connectivity index (χ0) is 16.4. The Morgan fingerprint density at radius 2 is 1.83 bits per heavy atom. The number of halogens is 1. The van der Waals surface area contributed by atoms with Crippen molar-refractivity contribution in [2.45, 2.75) is 19.9 Å². The fourth-order valence-corrected chi connectivity index (χ4v) is 2.67. The molecule has 122 valence electrons. The van der Waals surface area contributed by atoms with Crippen LogP contribution in [0.15, 0.2) is 59.3 Å². The Bertz CT molecular complexity index is 942. The van der Waals surface area contributed by atoms with Gasteiger partial charge < -0.3 is 13.6 Å². The molecule has 2 aromatic carbocycles. The zero-order valence-electron chi connectivity index (χ0n) is 12.8. The van der Waals surface area contributed by atoms with Crippen LogP contribution in [-0.2, 0) is 17.3 Å². The van der Waals surface area contributed by atoms with E-state index in [1.807, 2.05) is 54.2 Å². The molecule has 0 aliphatic carbocycles. The number of imidazole rings is 1. The van der Waals surface area contributed by atoms with Crippen LogP contribution >= 0.6 is 19.0 Å². The van der Waals surface area contributed by atoms with Gasteiger partial charge >= 0.3 is 36.3 Å². The summed E-state index contributed by atoms with van der Waals surface area (Å²) in [6.07, 6.45) is 7.39. The molecule has 2 heterocycles. The standard InChI is InChI=1S/C18H16N2O.Ag.HI/c1-13(2)19-10-11-20(12-19)16-8-5-7-15-14-6-3-4-9-17(14)21-18(15)16;;/h3-11,13H,1-2H3;;1H/q;+1;/p-1. The Balaban J connectivity index is 0.000000753. The van der Waals surface area contributed by atoms with Gasteiger partial charge in [0.2, 0.25) is 6.33 Å². The molecule has 4 rings (SSSR count). The average Bonchev–Trinajstić information content (AvgIpc) is 3.21. The molecule has 0 atom stereocenters. The molecule has 0 aliphatic rings. The van der Waals surface area contributed by atoms with Gasteiger partial charge in [-0.15, -0.1) is 0 Å². The van der Waals surface area contributed by atoms with E-state index in [1.165, 1.54) is 0 Å². The van der Waals surface area contributed by atoms with Crippen LogP contribution in [0.25, 0.3) is 27.6 Å². The maximum absolute atomic E-state index is 6.06. The van der Waals surface area contributed by atoms with Crippen molar-refractivity contribution in [3.63, 3.8) is 0 Å². The zero-order valence-corrected chi connectivity index (χ0v) is 16.4. The van der Waals surface area contributed by atoms with Crippen molar-refractivity contribution in [3.8, 4) is 5.69 Å². The molecule has 0 fully saturated rings. The van der Waals surface area contributed by atoms with Crippen molar-refractivity contribution in [2.75, 3.05) is 0 Å². The van der Waals surface area contributed by atoms with Gasteiger partial charge in [0.25, 0.3) is 0 Å². The Morgan fingerprint density at radius 3 is 2.57 bits per heavy atom. The van der Waals surface area contributed by atoms with Gasteiger partial charge in [0, 0.05) is 23.2 Å².